The number of nitrogens with two attached hydrogens (primary N) is 1. The minimum atomic E-state index is -3.81. The lowest BCUT2D eigenvalue weighted by atomic mass is 10.2. The van der Waals surface area contributed by atoms with Crippen LogP contribution >= 0.6 is 0 Å². The van der Waals surface area contributed by atoms with Crippen molar-refractivity contribution < 1.29 is 8.42 Å². The van der Waals surface area contributed by atoms with Crippen molar-refractivity contribution >= 4 is 44.2 Å². The molecule has 4 rings (SSSR count). The van der Waals surface area contributed by atoms with Gasteiger partial charge in [-0.25, -0.2) is 23.3 Å². The van der Waals surface area contributed by atoms with Crippen LogP contribution in [0.25, 0.3) is 11.0 Å². The highest BCUT2D eigenvalue weighted by Gasteiger charge is 2.10. The highest BCUT2D eigenvalue weighted by Crippen LogP contribution is 2.23. The summed E-state index contributed by atoms with van der Waals surface area (Å²) in [5, 5.41) is 11.3. The molecular weight excluding hydrogens is 394 g/mol. The number of primary sulfonamides is 1. The molecule has 0 saturated heterocycles. The second kappa shape index (κ2) is 7.04. The molecule has 0 fully saturated rings. The summed E-state index contributed by atoms with van der Waals surface area (Å²) in [5.74, 6) is 0.836. The van der Waals surface area contributed by atoms with Gasteiger partial charge in [0, 0.05) is 23.1 Å². The van der Waals surface area contributed by atoms with Crippen molar-refractivity contribution in [3.63, 3.8) is 0 Å². The Balaban J connectivity index is 1.61. The molecule has 0 unspecified atom stereocenters. The standard InChI is InChI=1S/C18H17N7O3S/c1-10-9-20-17(22-11-3-2-4-13(7-11)29(19,27)28)25-16(10)21-12-5-6-14-15(8-12)24-18(26)23-14/h2-9H,1H3,(H2,19,27,28)(H2,23,24,26)(H2,20,21,22,25). The number of aryl methyl sites for hydroxylation is 1. The van der Waals surface area contributed by atoms with Crippen molar-refractivity contribution in [3.05, 3.63) is 64.7 Å². The first-order valence-corrected chi connectivity index (χ1v) is 10.1. The predicted molar refractivity (Wildman–Crippen MR) is 110 cm³/mol. The van der Waals surface area contributed by atoms with E-state index in [1.807, 2.05) is 13.0 Å². The highest BCUT2D eigenvalue weighted by atomic mass is 32.2. The molecule has 0 aliphatic heterocycles. The van der Waals surface area contributed by atoms with Crippen LogP contribution in [-0.2, 0) is 10.0 Å². The van der Waals surface area contributed by atoms with Crippen molar-refractivity contribution in [1.82, 2.24) is 19.9 Å². The summed E-state index contributed by atoms with van der Waals surface area (Å²) < 4.78 is 23.0. The second-order valence-corrected chi connectivity index (χ2v) is 7.95. The summed E-state index contributed by atoms with van der Waals surface area (Å²) in [5.41, 5.74) is 3.12. The molecule has 0 bridgehead atoms. The van der Waals surface area contributed by atoms with Crippen LogP contribution in [0, 0.1) is 6.92 Å². The Morgan fingerprint density at radius 3 is 2.55 bits per heavy atom. The van der Waals surface area contributed by atoms with E-state index in [2.05, 4.69) is 30.6 Å². The van der Waals surface area contributed by atoms with E-state index in [0.29, 0.717) is 22.5 Å². The molecule has 4 aromatic rings. The molecule has 10 nitrogen and oxygen atoms in total. The molecule has 2 heterocycles. The van der Waals surface area contributed by atoms with Crippen LogP contribution in [0.15, 0.2) is 58.4 Å². The van der Waals surface area contributed by atoms with Gasteiger partial charge in [0.1, 0.15) is 5.82 Å². The minimum Gasteiger partial charge on any atom is -0.340 e. The smallest absolute Gasteiger partial charge is 0.323 e. The lowest BCUT2D eigenvalue weighted by Crippen LogP contribution is -2.12. The van der Waals surface area contributed by atoms with Gasteiger partial charge in [0.25, 0.3) is 0 Å². The quantitative estimate of drug-likeness (QED) is 0.336. The first-order chi connectivity index (χ1) is 13.8. The summed E-state index contributed by atoms with van der Waals surface area (Å²) in [6, 6.07) is 11.5. The number of hydrogen-bond acceptors (Lipinski definition) is 7. The molecule has 0 radical (unpaired) electrons. The molecular formula is C18H17N7O3S. The van der Waals surface area contributed by atoms with E-state index in [0.717, 1.165) is 11.3 Å². The van der Waals surface area contributed by atoms with Gasteiger partial charge in [0.15, 0.2) is 0 Å². The van der Waals surface area contributed by atoms with Crippen LogP contribution in [0.1, 0.15) is 5.56 Å². The van der Waals surface area contributed by atoms with Crippen LogP contribution in [0.4, 0.5) is 23.1 Å². The molecule has 0 aliphatic rings. The Labute approximate surface area is 165 Å². The maximum atomic E-state index is 11.5. The van der Waals surface area contributed by atoms with Crippen molar-refractivity contribution in [2.45, 2.75) is 11.8 Å². The van der Waals surface area contributed by atoms with Crippen LogP contribution in [0.2, 0.25) is 0 Å². The minimum absolute atomic E-state index is 0.0123. The summed E-state index contributed by atoms with van der Waals surface area (Å²) in [6.07, 6.45) is 1.64. The lowest BCUT2D eigenvalue weighted by molar-refractivity contribution is 0.598. The fraction of sp³-hybridized carbons (Fsp3) is 0.0556. The first kappa shape index (κ1) is 18.7. The highest BCUT2D eigenvalue weighted by molar-refractivity contribution is 7.89. The molecule has 6 N–H and O–H groups in total. The average molecular weight is 411 g/mol. The predicted octanol–water partition coefficient (Wildman–Crippen LogP) is 2.09. The van der Waals surface area contributed by atoms with E-state index < -0.39 is 10.0 Å². The fourth-order valence-electron chi connectivity index (χ4n) is 2.76. The van der Waals surface area contributed by atoms with Crippen molar-refractivity contribution in [2.24, 2.45) is 5.14 Å². The van der Waals surface area contributed by atoms with Crippen LogP contribution in [-0.4, -0.2) is 28.4 Å². The number of sulfonamides is 1. The van der Waals surface area contributed by atoms with Gasteiger partial charge in [-0.3, -0.25) is 0 Å². The van der Waals surface area contributed by atoms with E-state index in [1.165, 1.54) is 12.1 Å². The van der Waals surface area contributed by atoms with Gasteiger partial charge in [-0.2, -0.15) is 4.98 Å². The van der Waals surface area contributed by atoms with Crippen molar-refractivity contribution in [2.75, 3.05) is 10.6 Å². The molecule has 0 amide bonds. The molecule has 0 saturated carbocycles. The molecule has 0 spiro atoms. The number of anilines is 4. The molecule has 2 aromatic carbocycles. The SMILES string of the molecule is Cc1cnc(Nc2cccc(S(N)(=O)=O)c2)nc1Nc1ccc2[nH]c(=O)[nH]c2c1. The van der Waals surface area contributed by atoms with E-state index in [9.17, 15) is 13.2 Å². The monoisotopic (exact) mass is 411 g/mol. The Hall–Kier alpha value is -3.70. The third-order valence-corrected chi connectivity index (χ3v) is 5.08. The molecule has 0 aliphatic carbocycles. The zero-order chi connectivity index (χ0) is 20.6. The van der Waals surface area contributed by atoms with E-state index in [-0.39, 0.29) is 16.5 Å². The number of imidazole rings is 1. The number of fused-ring (bicyclic) bond motifs is 1. The topological polar surface area (TPSA) is 159 Å². The van der Waals surface area contributed by atoms with Gasteiger partial charge in [0.2, 0.25) is 16.0 Å². The number of nitrogens with zero attached hydrogens (tertiary/aromatic N) is 2. The number of aromatic amines is 2. The largest absolute Gasteiger partial charge is 0.340 e. The molecule has 0 atom stereocenters. The normalized spacial score (nSPS) is 11.5. The van der Waals surface area contributed by atoms with Gasteiger partial charge < -0.3 is 20.6 Å². The number of nitrogens with one attached hydrogen (secondary N) is 4. The number of H-pyrrole nitrogens is 2. The first-order valence-electron chi connectivity index (χ1n) is 8.50. The molecule has 29 heavy (non-hydrogen) atoms. The maximum absolute atomic E-state index is 11.5. The Morgan fingerprint density at radius 1 is 1.00 bits per heavy atom. The number of aromatic nitrogens is 4. The van der Waals surface area contributed by atoms with E-state index in [1.54, 1.807) is 30.5 Å². The molecule has 2 aromatic heterocycles. The number of rotatable bonds is 5. The van der Waals surface area contributed by atoms with E-state index in [4.69, 9.17) is 5.14 Å². The van der Waals surface area contributed by atoms with Crippen molar-refractivity contribution in [3.8, 4) is 0 Å². The zero-order valence-corrected chi connectivity index (χ0v) is 16.0. The number of hydrogen-bond donors (Lipinski definition) is 5. The Morgan fingerprint density at radius 2 is 1.76 bits per heavy atom. The third-order valence-electron chi connectivity index (χ3n) is 4.17. The van der Waals surface area contributed by atoms with Crippen LogP contribution in [0.5, 0.6) is 0 Å². The molecule has 148 valence electrons. The van der Waals surface area contributed by atoms with Gasteiger partial charge in [-0.15, -0.1) is 0 Å². The zero-order valence-electron chi connectivity index (χ0n) is 15.2. The second-order valence-electron chi connectivity index (χ2n) is 6.39. The summed E-state index contributed by atoms with van der Waals surface area (Å²) >= 11 is 0. The molecule has 11 heteroatoms. The Kier molecular flexibility index (Phi) is 4.53. The fourth-order valence-corrected chi connectivity index (χ4v) is 3.32. The summed E-state index contributed by atoms with van der Waals surface area (Å²) in [7, 11) is -3.81. The van der Waals surface area contributed by atoms with Crippen LogP contribution < -0.4 is 21.5 Å². The number of benzene rings is 2. The average Bonchev–Trinajstić information content (AvgIpc) is 3.03. The third kappa shape index (κ3) is 4.10. The lowest BCUT2D eigenvalue weighted by Gasteiger charge is -2.11. The van der Waals surface area contributed by atoms with Crippen molar-refractivity contribution in [1.29, 1.82) is 0 Å². The maximum Gasteiger partial charge on any atom is 0.323 e. The Bertz CT molecular complexity index is 1380. The summed E-state index contributed by atoms with van der Waals surface area (Å²) in [6.45, 7) is 1.85. The van der Waals surface area contributed by atoms with Gasteiger partial charge in [0.05, 0.1) is 15.9 Å². The summed E-state index contributed by atoms with van der Waals surface area (Å²) in [4.78, 5) is 25.5. The van der Waals surface area contributed by atoms with E-state index >= 15 is 0 Å². The van der Waals surface area contributed by atoms with Gasteiger partial charge in [-0.05, 0) is 43.3 Å². The van der Waals surface area contributed by atoms with Gasteiger partial charge >= 0.3 is 5.69 Å². The van der Waals surface area contributed by atoms with Crippen LogP contribution in [0.3, 0.4) is 0 Å². The van der Waals surface area contributed by atoms with Gasteiger partial charge in [-0.1, -0.05) is 6.07 Å².